The monoisotopic (exact) mass is 342 g/mol. The lowest BCUT2D eigenvalue weighted by Crippen LogP contribution is -2.40. The summed E-state index contributed by atoms with van der Waals surface area (Å²) < 4.78 is 17.2. The van der Waals surface area contributed by atoms with Gasteiger partial charge < -0.3 is 14.2 Å². The van der Waals surface area contributed by atoms with E-state index >= 15 is 0 Å². The Balaban J connectivity index is 2.59. The molecule has 1 heterocycles. The van der Waals surface area contributed by atoms with Crippen molar-refractivity contribution in [3.05, 3.63) is 0 Å². The molecule has 0 saturated carbocycles. The Labute approximate surface area is 148 Å². The topological polar surface area (TPSA) is 44.8 Å². The fourth-order valence-electron chi connectivity index (χ4n) is 3.22. The number of esters is 1. The predicted octanol–water partition coefficient (Wildman–Crippen LogP) is 4.60. The lowest BCUT2D eigenvalue weighted by atomic mass is 9.69. The number of rotatable bonds is 5. The molecule has 0 aromatic heterocycles. The summed E-state index contributed by atoms with van der Waals surface area (Å²) in [4.78, 5) is 12.8. The normalized spacial score (nSPS) is 23.5. The molecular weight excluding hydrogens is 304 g/mol. The highest BCUT2D eigenvalue weighted by Crippen LogP contribution is 2.40. The zero-order chi connectivity index (χ0) is 18.2. The maximum atomic E-state index is 12.8. The van der Waals surface area contributed by atoms with Crippen molar-refractivity contribution in [1.29, 1.82) is 0 Å². The molecule has 1 aliphatic heterocycles. The highest BCUT2D eigenvalue weighted by molar-refractivity contribution is 5.76. The van der Waals surface area contributed by atoms with E-state index < -0.39 is 5.41 Å². The molecule has 1 fully saturated rings. The first-order valence-electron chi connectivity index (χ1n) is 9.52. The first-order valence-corrected chi connectivity index (χ1v) is 9.52. The van der Waals surface area contributed by atoms with E-state index in [1.54, 1.807) is 0 Å². The quantitative estimate of drug-likeness (QED) is 0.685. The van der Waals surface area contributed by atoms with Gasteiger partial charge in [-0.15, -0.1) is 0 Å². The van der Waals surface area contributed by atoms with Gasteiger partial charge in [-0.1, -0.05) is 47.5 Å². The molecule has 0 N–H and O–H groups in total. The van der Waals surface area contributed by atoms with Crippen LogP contribution in [-0.4, -0.2) is 38.5 Å². The van der Waals surface area contributed by atoms with Gasteiger partial charge in [-0.3, -0.25) is 4.79 Å². The fraction of sp³-hybridized carbons (Fsp3) is 0.950. The molecule has 1 saturated heterocycles. The van der Waals surface area contributed by atoms with Crippen LogP contribution in [0.4, 0.5) is 0 Å². The van der Waals surface area contributed by atoms with Crippen LogP contribution in [0.25, 0.3) is 0 Å². The molecular formula is C20H38O4. The molecule has 0 spiro atoms. The van der Waals surface area contributed by atoms with Crippen LogP contribution in [0.1, 0.15) is 73.6 Å². The van der Waals surface area contributed by atoms with Crippen molar-refractivity contribution in [3.8, 4) is 0 Å². The third kappa shape index (κ3) is 7.52. The second-order valence-corrected chi connectivity index (χ2v) is 8.89. The summed E-state index contributed by atoms with van der Waals surface area (Å²) in [6.45, 7) is 15.0. The predicted molar refractivity (Wildman–Crippen MR) is 97.0 cm³/mol. The van der Waals surface area contributed by atoms with Crippen molar-refractivity contribution >= 4 is 5.97 Å². The molecule has 0 aromatic rings. The van der Waals surface area contributed by atoms with Crippen LogP contribution in [0, 0.1) is 16.7 Å². The average molecular weight is 343 g/mol. The molecule has 0 radical (unpaired) electrons. The van der Waals surface area contributed by atoms with Gasteiger partial charge in [-0.2, -0.15) is 0 Å². The highest BCUT2D eigenvalue weighted by atomic mass is 16.6. The second kappa shape index (κ2) is 9.76. The second-order valence-electron chi connectivity index (χ2n) is 8.89. The molecule has 24 heavy (non-hydrogen) atoms. The van der Waals surface area contributed by atoms with Crippen molar-refractivity contribution in [1.82, 2.24) is 0 Å². The Hall–Kier alpha value is -0.610. The Morgan fingerprint density at radius 1 is 1.08 bits per heavy atom. The molecule has 2 atom stereocenters. The molecule has 2 unspecified atom stereocenters. The summed E-state index contributed by atoms with van der Waals surface area (Å²) in [5, 5.41) is 0. The Morgan fingerprint density at radius 3 is 2.29 bits per heavy atom. The minimum absolute atomic E-state index is 0.0774. The Kier molecular flexibility index (Phi) is 8.72. The van der Waals surface area contributed by atoms with E-state index in [9.17, 15) is 4.79 Å². The molecule has 1 rings (SSSR count). The van der Waals surface area contributed by atoms with Gasteiger partial charge in [-0.25, -0.2) is 0 Å². The third-order valence-corrected chi connectivity index (χ3v) is 4.88. The standard InChI is InChI=1S/C20H38O4/c1-16(2)20(6,15-19(3,4)5)18(21)24-14-17-13-22-11-9-7-8-10-12-23-17/h16-17H,7-15H2,1-6H3. The van der Waals surface area contributed by atoms with E-state index in [1.807, 2.05) is 6.92 Å². The van der Waals surface area contributed by atoms with Crippen LogP contribution < -0.4 is 0 Å². The smallest absolute Gasteiger partial charge is 0.312 e. The van der Waals surface area contributed by atoms with Crippen molar-refractivity contribution in [2.24, 2.45) is 16.7 Å². The van der Waals surface area contributed by atoms with Crippen LogP contribution in [0.5, 0.6) is 0 Å². The van der Waals surface area contributed by atoms with Gasteiger partial charge >= 0.3 is 5.97 Å². The molecule has 4 nitrogen and oxygen atoms in total. The molecule has 0 aromatic carbocycles. The van der Waals surface area contributed by atoms with Crippen LogP contribution >= 0.6 is 0 Å². The van der Waals surface area contributed by atoms with Gasteiger partial charge in [0.2, 0.25) is 0 Å². The summed E-state index contributed by atoms with van der Waals surface area (Å²) in [6.07, 6.45) is 5.19. The van der Waals surface area contributed by atoms with Crippen molar-refractivity contribution in [2.45, 2.75) is 79.8 Å². The van der Waals surface area contributed by atoms with E-state index in [0.717, 1.165) is 32.5 Å². The lowest BCUT2D eigenvalue weighted by Gasteiger charge is -2.37. The van der Waals surface area contributed by atoms with E-state index in [1.165, 1.54) is 12.8 Å². The molecule has 0 bridgehead atoms. The highest BCUT2D eigenvalue weighted by Gasteiger charge is 2.41. The number of hydrogen-bond acceptors (Lipinski definition) is 4. The minimum atomic E-state index is -0.477. The number of carbonyl (C=O) groups excluding carboxylic acids is 1. The summed E-state index contributed by atoms with van der Waals surface area (Å²) >= 11 is 0. The Morgan fingerprint density at radius 2 is 1.71 bits per heavy atom. The SMILES string of the molecule is CC(C)C(C)(CC(C)(C)C)C(=O)OCC1COCCCCCCO1. The zero-order valence-electron chi connectivity index (χ0n) is 16.7. The molecule has 142 valence electrons. The van der Waals surface area contributed by atoms with Gasteiger partial charge in [0.25, 0.3) is 0 Å². The van der Waals surface area contributed by atoms with Gasteiger partial charge in [0.05, 0.1) is 12.0 Å². The van der Waals surface area contributed by atoms with Crippen LogP contribution in [-0.2, 0) is 19.0 Å². The van der Waals surface area contributed by atoms with Crippen LogP contribution in [0.3, 0.4) is 0 Å². The lowest BCUT2D eigenvalue weighted by molar-refractivity contribution is -0.166. The first-order chi connectivity index (χ1) is 11.1. The van der Waals surface area contributed by atoms with Gasteiger partial charge in [-0.05, 0) is 37.5 Å². The molecule has 1 aliphatic rings. The summed E-state index contributed by atoms with van der Waals surface area (Å²) in [5.41, 5.74) is -0.400. The van der Waals surface area contributed by atoms with Crippen molar-refractivity contribution in [3.63, 3.8) is 0 Å². The Bertz CT molecular complexity index is 362. The van der Waals surface area contributed by atoms with Crippen molar-refractivity contribution < 1.29 is 19.0 Å². The van der Waals surface area contributed by atoms with E-state index in [0.29, 0.717) is 6.61 Å². The zero-order valence-corrected chi connectivity index (χ0v) is 16.7. The van der Waals surface area contributed by atoms with Crippen molar-refractivity contribution in [2.75, 3.05) is 26.4 Å². The molecule has 0 aliphatic carbocycles. The van der Waals surface area contributed by atoms with Crippen LogP contribution in [0.15, 0.2) is 0 Å². The summed E-state index contributed by atoms with van der Waals surface area (Å²) in [6, 6.07) is 0. The molecule has 0 amide bonds. The third-order valence-electron chi connectivity index (χ3n) is 4.88. The van der Waals surface area contributed by atoms with E-state index in [4.69, 9.17) is 14.2 Å². The van der Waals surface area contributed by atoms with E-state index in [-0.39, 0.29) is 30.0 Å². The minimum Gasteiger partial charge on any atom is -0.462 e. The summed E-state index contributed by atoms with van der Waals surface area (Å²) in [5.74, 6) is 0.110. The summed E-state index contributed by atoms with van der Waals surface area (Å²) in [7, 11) is 0. The fourth-order valence-corrected chi connectivity index (χ4v) is 3.22. The number of ether oxygens (including phenoxy) is 3. The van der Waals surface area contributed by atoms with Crippen LogP contribution in [0.2, 0.25) is 0 Å². The first kappa shape index (κ1) is 21.4. The molecule has 4 heteroatoms. The number of hydrogen-bond donors (Lipinski definition) is 0. The van der Waals surface area contributed by atoms with Gasteiger partial charge in [0.1, 0.15) is 12.7 Å². The van der Waals surface area contributed by atoms with E-state index in [2.05, 4.69) is 34.6 Å². The average Bonchev–Trinajstić information content (AvgIpc) is 2.48. The number of carbonyl (C=O) groups is 1. The largest absolute Gasteiger partial charge is 0.462 e. The maximum absolute atomic E-state index is 12.8. The van der Waals surface area contributed by atoms with Gasteiger partial charge in [0, 0.05) is 13.2 Å². The van der Waals surface area contributed by atoms with Gasteiger partial charge in [0.15, 0.2) is 0 Å². The maximum Gasteiger partial charge on any atom is 0.312 e.